The molecule has 11 fully saturated rings. The van der Waals surface area contributed by atoms with Gasteiger partial charge in [0, 0.05) is 45.4 Å². The van der Waals surface area contributed by atoms with E-state index in [4.69, 9.17) is 152 Å². The normalized spacial score (nSPS) is 27.2. The number of hydrogen-bond acceptors (Lipinski definition) is 44. The third-order valence-electron chi connectivity index (χ3n) is 21.3. The second-order valence-electron chi connectivity index (χ2n) is 39.8. The second-order valence-corrected chi connectivity index (χ2v) is 39.8. The van der Waals surface area contributed by atoms with E-state index in [-0.39, 0.29) is 163 Å². The summed E-state index contributed by atoms with van der Waals surface area (Å²) >= 11 is 0. The standard InChI is InChI=1S/C18H28O8.C17H26O7.C16H24O8.C15H24O6.C13H20O6.C12H18O5.C10H16O4/c1-11(2)16(20)21-8-7-14(19)24-15(12-9-22-17(3,4)25-12)13-10-23-18(5,6)26-13;1-10(2)15(19)20-7-11(18)14(12-8-21-16(3,4)23-12)13-9-22-17(5,6)24-13;1-9(2)16(18)19-6-5-14(17)24-15(12-7-20-10(3)22-12)13-8-21-11(4)23-13;1-9(2)13(16)19-12(10-7-17-14(3,4)20-10)11-8-18-15(5,6)21-11;1-9(2)12(15)16-6-5-11(14)17-7-10-8-18-13(3,4)19-10;1-8(2)11(14)15-6-9(13)5-10-7-16-12(3,4)17-10;1-7(2)9(11)12-5-8-6-13-10(3,4)14-8/h12-13,15H,1,7-10H2,2-6H3;12-14H,1,7-9H2,2-6H3;10-13,15H,1,5-8H2,2-4H3;10-12H,1,7-8H2,2-6H3;10H,1,5-8H2,2-4H3;10H,1,5-7H2,2-4H3;8H,1,5-6H2,2-4H3. The Kier molecular flexibility index (Phi) is 49.7. The topological polar surface area (TPSA) is 500 Å². The van der Waals surface area contributed by atoms with Crippen molar-refractivity contribution in [2.45, 2.75) is 363 Å². The monoisotopic (exact) mass is 2070 g/mol. The second kappa shape index (κ2) is 56.8. The Morgan fingerprint density at radius 3 is 0.793 bits per heavy atom. The van der Waals surface area contributed by atoms with Gasteiger partial charge in [-0.3, -0.25) is 24.0 Å². The Morgan fingerprint density at radius 2 is 0.517 bits per heavy atom. The predicted molar refractivity (Wildman–Crippen MR) is 507 cm³/mol. The lowest BCUT2D eigenvalue weighted by atomic mass is 9.92. The lowest BCUT2D eigenvalue weighted by Crippen LogP contribution is -2.45. The molecular formula is C101H156O44. The number of hydrogen-bond donors (Lipinski definition) is 0. The molecule has 0 saturated carbocycles. The minimum absolute atomic E-state index is 0.00991. The van der Waals surface area contributed by atoms with Crippen LogP contribution in [0.5, 0.6) is 0 Å². The largest absolute Gasteiger partial charge is 0.463 e. The van der Waals surface area contributed by atoms with Crippen LogP contribution in [-0.4, -0.2) is 340 Å². The van der Waals surface area contributed by atoms with E-state index in [1.165, 1.54) is 27.7 Å². The highest BCUT2D eigenvalue weighted by molar-refractivity contribution is 5.92. The van der Waals surface area contributed by atoms with Gasteiger partial charge in [0.15, 0.2) is 101 Å². The molecule has 13 unspecified atom stereocenters. The summed E-state index contributed by atoms with van der Waals surface area (Å²) in [7, 11) is 0. The highest BCUT2D eigenvalue weighted by atomic mass is 16.8. The molecule has 0 spiro atoms. The number of esters is 10. The first-order valence-electron chi connectivity index (χ1n) is 47.8. The van der Waals surface area contributed by atoms with E-state index in [1.54, 1.807) is 118 Å². The molecule has 0 aromatic carbocycles. The van der Waals surface area contributed by atoms with Gasteiger partial charge in [0.2, 0.25) is 0 Å². The number of ketones is 2. The number of rotatable bonds is 38. The molecule has 11 saturated heterocycles. The van der Waals surface area contributed by atoms with Crippen LogP contribution < -0.4 is 0 Å². The van der Waals surface area contributed by atoms with Crippen LogP contribution in [0.25, 0.3) is 0 Å². The van der Waals surface area contributed by atoms with Crippen LogP contribution in [0, 0.1) is 5.92 Å². The Bertz CT molecular complexity index is 4340. The van der Waals surface area contributed by atoms with Crippen molar-refractivity contribution in [3.8, 4) is 0 Å². The van der Waals surface area contributed by atoms with Crippen molar-refractivity contribution in [1.29, 1.82) is 0 Å². The zero-order valence-corrected chi connectivity index (χ0v) is 89.3. The number of carbonyl (C=O) groups is 12. The van der Waals surface area contributed by atoms with Crippen LogP contribution in [0.15, 0.2) is 85.1 Å². The fourth-order valence-electron chi connectivity index (χ4n) is 14.3. The number of carbonyl (C=O) groups excluding carboxylic acids is 12. The molecule has 0 bridgehead atoms. The zero-order chi connectivity index (χ0) is 109. The van der Waals surface area contributed by atoms with Crippen LogP contribution in [0.2, 0.25) is 0 Å². The molecule has 11 aliphatic heterocycles. The first kappa shape index (κ1) is 127. The van der Waals surface area contributed by atoms with Gasteiger partial charge in [0.05, 0.1) is 116 Å². The molecule has 0 aromatic rings. The molecular weight excluding hydrogens is 1920 g/mol. The van der Waals surface area contributed by atoms with Crippen molar-refractivity contribution in [3.63, 3.8) is 0 Å². The molecule has 11 aliphatic rings. The van der Waals surface area contributed by atoms with E-state index in [2.05, 4.69) is 46.1 Å². The van der Waals surface area contributed by atoms with Crippen LogP contribution in [0.1, 0.15) is 213 Å². The van der Waals surface area contributed by atoms with Crippen molar-refractivity contribution < 1.29 is 209 Å². The first-order chi connectivity index (χ1) is 67.0. The molecule has 0 aromatic heterocycles. The molecule has 0 N–H and O–H groups in total. The van der Waals surface area contributed by atoms with Crippen molar-refractivity contribution >= 4 is 71.3 Å². The van der Waals surface area contributed by atoms with Crippen LogP contribution in [-0.2, 0) is 209 Å². The smallest absolute Gasteiger partial charge is 0.333 e. The van der Waals surface area contributed by atoms with Gasteiger partial charge < -0.3 is 152 Å². The molecule has 0 radical (unpaired) electrons. The third kappa shape index (κ3) is 47.0. The van der Waals surface area contributed by atoms with Gasteiger partial charge in [-0.25, -0.2) is 33.6 Å². The summed E-state index contributed by atoms with van der Waals surface area (Å²) < 4.78 is 174. The van der Waals surface area contributed by atoms with E-state index in [0.29, 0.717) is 63.0 Å². The summed E-state index contributed by atoms with van der Waals surface area (Å²) in [4.78, 5) is 139. The van der Waals surface area contributed by atoms with Crippen molar-refractivity contribution in [2.24, 2.45) is 5.92 Å². The molecule has 0 aliphatic carbocycles. The third-order valence-corrected chi connectivity index (χ3v) is 21.3. The average Bonchev–Trinajstić information content (AvgIpc) is 1.66. The molecule has 0 amide bonds. The molecule has 11 rings (SSSR count). The maximum absolute atomic E-state index is 12.7. The van der Waals surface area contributed by atoms with Crippen LogP contribution in [0.4, 0.5) is 0 Å². The quantitative estimate of drug-likeness (QED) is 0.0315. The maximum Gasteiger partial charge on any atom is 0.333 e. The van der Waals surface area contributed by atoms with Crippen molar-refractivity contribution in [3.05, 3.63) is 85.1 Å². The van der Waals surface area contributed by atoms with E-state index < -0.39 is 185 Å². The lowest BCUT2D eigenvalue weighted by molar-refractivity contribution is -0.195. The van der Waals surface area contributed by atoms with E-state index in [1.807, 2.05) is 41.5 Å². The molecule has 145 heavy (non-hydrogen) atoms. The Balaban J connectivity index is 0.000000300. The van der Waals surface area contributed by atoms with E-state index in [0.717, 1.165) is 0 Å². The molecule has 824 valence electrons. The van der Waals surface area contributed by atoms with E-state index >= 15 is 0 Å². The summed E-state index contributed by atoms with van der Waals surface area (Å²) in [6, 6.07) is 0. The lowest BCUT2D eigenvalue weighted by Gasteiger charge is -2.28. The Labute approximate surface area is 849 Å². The predicted octanol–water partition coefficient (Wildman–Crippen LogP) is 9.68. The summed E-state index contributed by atoms with van der Waals surface area (Å²) in [6.45, 7) is 74.4. The Hall–Kier alpha value is -8.66. The summed E-state index contributed by atoms with van der Waals surface area (Å²) in [5.74, 6) is -12.5. The average molecular weight is 2070 g/mol. The Morgan fingerprint density at radius 1 is 0.269 bits per heavy atom. The molecule has 44 heteroatoms. The summed E-state index contributed by atoms with van der Waals surface area (Å²) in [5, 5.41) is 0. The fourth-order valence-corrected chi connectivity index (χ4v) is 14.3. The molecule has 11 heterocycles. The van der Waals surface area contributed by atoms with Gasteiger partial charge in [-0.05, 0) is 187 Å². The van der Waals surface area contributed by atoms with Gasteiger partial charge in [-0.2, -0.15) is 0 Å². The minimum atomic E-state index is -0.771. The minimum Gasteiger partial charge on any atom is -0.463 e. The van der Waals surface area contributed by atoms with Gasteiger partial charge in [-0.15, -0.1) is 0 Å². The number of ether oxygens (including phenoxy) is 32. The maximum atomic E-state index is 12.7. The van der Waals surface area contributed by atoms with Crippen LogP contribution >= 0.6 is 0 Å². The highest BCUT2D eigenvalue weighted by Gasteiger charge is 2.53. The van der Waals surface area contributed by atoms with Gasteiger partial charge in [0.25, 0.3) is 0 Å². The molecule has 13 atom stereocenters. The van der Waals surface area contributed by atoms with Gasteiger partial charge in [-0.1, -0.05) is 46.1 Å². The van der Waals surface area contributed by atoms with E-state index in [9.17, 15) is 57.5 Å². The molecule has 44 nitrogen and oxygen atoms in total. The summed E-state index contributed by atoms with van der Waals surface area (Å²) in [6.07, 6.45) is -6.90. The number of Topliss-reactive ketones (excluding diaryl/α,β-unsaturated/α-hetero) is 2. The van der Waals surface area contributed by atoms with Crippen molar-refractivity contribution in [2.75, 3.05) is 119 Å². The van der Waals surface area contributed by atoms with Gasteiger partial charge in [0.1, 0.15) is 88.5 Å². The van der Waals surface area contributed by atoms with Gasteiger partial charge >= 0.3 is 59.7 Å². The fraction of sp³-hybridized carbons (Fsp3) is 0.743. The zero-order valence-electron chi connectivity index (χ0n) is 89.3. The first-order valence-corrected chi connectivity index (χ1v) is 47.8. The SMILES string of the molecule is C=C(C)C(=O)OC(C1COC(C)(C)O1)C1COC(C)(C)O1.C=C(C)C(=O)OCC(=O)C(C1COC(C)(C)O1)C1COC(C)(C)O1.C=C(C)C(=O)OCC(=O)CC1COC(C)(C)O1.C=C(C)C(=O)OCC1COC(C)(C)O1.C=C(C)C(=O)OCCC(=O)OC(C1COC(C)(C)O1)C1COC(C)(C)O1.C=C(C)C(=O)OCCC(=O)OC(C1COC(C)O1)C1COC(C)O1.C=C(C)C(=O)OCCC(=O)OCC1COC(C)(C)O1. The highest BCUT2D eigenvalue weighted by Crippen LogP contribution is 2.39. The van der Waals surface area contributed by atoms with Crippen LogP contribution in [0.3, 0.4) is 0 Å². The van der Waals surface area contributed by atoms with Crippen molar-refractivity contribution in [1.82, 2.24) is 0 Å². The summed E-state index contributed by atoms with van der Waals surface area (Å²) in [5.41, 5.74) is 2.08.